The molecule has 0 saturated carbocycles. The zero-order chi connectivity index (χ0) is 32.7. The van der Waals surface area contributed by atoms with Crippen LogP contribution in [0, 0.1) is 23.7 Å². The van der Waals surface area contributed by atoms with E-state index >= 15 is 0 Å². The summed E-state index contributed by atoms with van der Waals surface area (Å²) in [5, 5.41) is 45.0. The van der Waals surface area contributed by atoms with Gasteiger partial charge in [-0.15, -0.1) is 0 Å². The minimum absolute atomic E-state index is 0.359. The Kier molecular flexibility index (Phi) is 24.8. The number of aliphatic hydroxyl groups is 4. The second-order valence-electron chi connectivity index (χ2n) is 14.1. The van der Waals surface area contributed by atoms with E-state index in [0.29, 0.717) is 49.4 Å². The fourth-order valence-electron chi connectivity index (χ4n) is 7.48. The maximum absolute atomic E-state index is 11.9. The first-order valence-electron chi connectivity index (χ1n) is 18.9. The zero-order valence-corrected chi connectivity index (χ0v) is 30.2. The lowest BCUT2D eigenvalue weighted by Crippen LogP contribution is -2.60. The summed E-state index contributed by atoms with van der Waals surface area (Å²) >= 11 is 0. The lowest BCUT2D eigenvalue weighted by atomic mass is 9.72. The predicted molar refractivity (Wildman–Crippen MR) is 184 cm³/mol. The molecule has 6 unspecified atom stereocenters. The molecule has 0 rings (SSSR count). The molecule has 260 valence electrons. The SMILES string of the molecule is CCCCC(CC)CC(CC(CC)CCCC)(OC(CC(CC)CCCC)(CC(CC)CCCC)C(O)CO)C(O)CO. The molecular weight excluding hydrogens is 536 g/mol. The van der Waals surface area contributed by atoms with Crippen LogP contribution in [0.4, 0.5) is 0 Å². The molecule has 0 aromatic rings. The molecule has 0 radical (unpaired) electrons. The Morgan fingerprint density at radius 2 is 0.674 bits per heavy atom. The molecule has 0 bridgehead atoms. The molecular formula is C38H78O5. The van der Waals surface area contributed by atoms with Crippen LogP contribution in [0.3, 0.4) is 0 Å². The molecule has 5 nitrogen and oxygen atoms in total. The summed E-state index contributed by atoms with van der Waals surface area (Å²) in [6, 6.07) is 0. The van der Waals surface area contributed by atoms with E-state index in [9.17, 15) is 20.4 Å². The minimum Gasteiger partial charge on any atom is -0.394 e. The molecule has 0 amide bonds. The van der Waals surface area contributed by atoms with Crippen LogP contribution in [0.25, 0.3) is 0 Å². The van der Waals surface area contributed by atoms with Crippen LogP contribution in [-0.2, 0) is 4.74 Å². The Hall–Kier alpha value is -0.200. The van der Waals surface area contributed by atoms with Crippen molar-refractivity contribution in [1.82, 2.24) is 0 Å². The van der Waals surface area contributed by atoms with Gasteiger partial charge in [0.1, 0.15) is 12.2 Å². The molecule has 43 heavy (non-hydrogen) atoms. The maximum Gasteiger partial charge on any atom is 0.106 e. The summed E-state index contributed by atoms with van der Waals surface area (Å²) in [7, 11) is 0. The first-order chi connectivity index (χ1) is 20.6. The molecule has 0 aliphatic heterocycles. The highest BCUT2D eigenvalue weighted by Gasteiger charge is 2.52. The zero-order valence-electron chi connectivity index (χ0n) is 30.2. The van der Waals surface area contributed by atoms with Crippen molar-refractivity contribution in [2.45, 2.75) is 207 Å². The van der Waals surface area contributed by atoms with Gasteiger partial charge in [0, 0.05) is 0 Å². The first kappa shape index (κ1) is 42.8. The summed E-state index contributed by atoms with van der Waals surface area (Å²) in [6.07, 6.45) is 17.9. The topological polar surface area (TPSA) is 90.2 Å². The summed E-state index contributed by atoms with van der Waals surface area (Å²) in [4.78, 5) is 0. The smallest absolute Gasteiger partial charge is 0.106 e. The monoisotopic (exact) mass is 615 g/mol. The van der Waals surface area contributed by atoms with Crippen LogP contribution >= 0.6 is 0 Å². The van der Waals surface area contributed by atoms with Gasteiger partial charge in [0.15, 0.2) is 0 Å². The summed E-state index contributed by atoms with van der Waals surface area (Å²) in [6.45, 7) is 17.1. The average Bonchev–Trinajstić information content (AvgIpc) is 3.03. The van der Waals surface area contributed by atoms with E-state index < -0.39 is 23.4 Å². The Bertz CT molecular complexity index is 537. The van der Waals surface area contributed by atoms with Crippen LogP contribution in [0.5, 0.6) is 0 Å². The van der Waals surface area contributed by atoms with Crippen LogP contribution < -0.4 is 0 Å². The van der Waals surface area contributed by atoms with Crippen molar-refractivity contribution in [2.24, 2.45) is 23.7 Å². The summed E-state index contributed by atoms with van der Waals surface area (Å²) in [5.41, 5.74) is -1.97. The quantitative estimate of drug-likeness (QED) is 0.0647. The van der Waals surface area contributed by atoms with Gasteiger partial charge in [-0.3, -0.25) is 0 Å². The molecule has 4 N–H and O–H groups in total. The van der Waals surface area contributed by atoms with E-state index in [0.717, 1.165) is 103 Å². The van der Waals surface area contributed by atoms with Crippen molar-refractivity contribution in [3.63, 3.8) is 0 Å². The van der Waals surface area contributed by atoms with E-state index in [4.69, 9.17) is 4.74 Å². The van der Waals surface area contributed by atoms with Gasteiger partial charge in [0.2, 0.25) is 0 Å². The standard InChI is InChI=1S/C38H78O5/c1-9-17-21-31(13-5)25-37(35(41)29-39,26-32(14-6)22-18-10-2)43-38(36(42)30-40,27-33(15-7)23-19-11-3)28-34(16-8)24-20-12-4/h31-36,39-42H,9-30H2,1-8H3. The molecule has 0 spiro atoms. The van der Waals surface area contributed by atoms with Crippen molar-refractivity contribution in [3.8, 4) is 0 Å². The molecule has 6 atom stereocenters. The van der Waals surface area contributed by atoms with E-state index in [2.05, 4.69) is 55.4 Å². The van der Waals surface area contributed by atoms with Crippen molar-refractivity contribution in [2.75, 3.05) is 13.2 Å². The molecule has 0 aliphatic carbocycles. The third kappa shape index (κ3) is 15.3. The van der Waals surface area contributed by atoms with Crippen LogP contribution in [0.2, 0.25) is 0 Å². The van der Waals surface area contributed by atoms with Crippen molar-refractivity contribution >= 4 is 0 Å². The maximum atomic E-state index is 11.9. The average molecular weight is 615 g/mol. The highest BCUT2D eigenvalue weighted by molar-refractivity contribution is 5.01. The first-order valence-corrected chi connectivity index (χ1v) is 18.9. The van der Waals surface area contributed by atoms with Gasteiger partial charge in [-0.2, -0.15) is 0 Å². The molecule has 0 aromatic carbocycles. The van der Waals surface area contributed by atoms with E-state index in [1.807, 2.05) is 0 Å². The number of rotatable bonds is 30. The molecule has 0 heterocycles. The Morgan fingerprint density at radius 3 is 0.837 bits per heavy atom. The van der Waals surface area contributed by atoms with Crippen molar-refractivity contribution < 1.29 is 25.2 Å². The third-order valence-electron chi connectivity index (χ3n) is 10.7. The van der Waals surface area contributed by atoms with Gasteiger partial charge in [-0.1, -0.05) is 158 Å². The van der Waals surface area contributed by atoms with Crippen LogP contribution in [-0.4, -0.2) is 57.0 Å². The normalized spacial score (nSPS) is 19.3. The van der Waals surface area contributed by atoms with Crippen molar-refractivity contribution in [1.29, 1.82) is 0 Å². The molecule has 0 saturated heterocycles. The summed E-state index contributed by atoms with van der Waals surface area (Å²) in [5.74, 6) is 1.44. The molecule has 5 heteroatoms. The molecule has 0 aliphatic rings. The van der Waals surface area contributed by atoms with Gasteiger partial charge >= 0.3 is 0 Å². The number of unbranched alkanes of at least 4 members (excludes halogenated alkanes) is 4. The minimum atomic E-state index is -1.05. The van der Waals surface area contributed by atoms with Crippen LogP contribution in [0.1, 0.15) is 184 Å². The predicted octanol–water partition coefficient (Wildman–Crippen LogP) is 9.61. The lowest BCUT2D eigenvalue weighted by Gasteiger charge is -2.52. The summed E-state index contributed by atoms with van der Waals surface area (Å²) < 4.78 is 7.56. The van der Waals surface area contributed by atoms with E-state index in [1.165, 1.54) is 0 Å². The van der Waals surface area contributed by atoms with Gasteiger partial charge in [-0.05, 0) is 49.4 Å². The Labute approximate surface area is 269 Å². The van der Waals surface area contributed by atoms with Gasteiger partial charge in [-0.25, -0.2) is 0 Å². The number of hydrogen-bond donors (Lipinski definition) is 4. The van der Waals surface area contributed by atoms with Gasteiger partial charge < -0.3 is 25.2 Å². The second kappa shape index (κ2) is 25.0. The fraction of sp³-hybridized carbons (Fsp3) is 1.00. The van der Waals surface area contributed by atoms with Crippen LogP contribution in [0.15, 0.2) is 0 Å². The van der Waals surface area contributed by atoms with E-state index in [-0.39, 0.29) is 13.2 Å². The third-order valence-corrected chi connectivity index (χ3v) is 10.7. The Balaban J connectivity index is 7.27. The number of aliphatic hydroxyl groups excluding tert-OH is 4. The lowest BCUT2D eigenvalue weighted by molar-refractivity contribution is -0.266. The Morgan fingerprint density at radius 1 is 0.442 bits per heavy atom. The largest absolute Gasteiger partial charge is 0.394 e. The second-order valence-corrected chi connectivity index (χ2v) is 14.1. The molecule has 0 aromatic heterocycles. The fourth-order valence-corrected chi connectivity index (χ4v) is 7.48. The number of ether oxygens (including phenoxy) is 1. The van der Waals surface area contributed by atoms with E-state index in [1.54, 1.807) is 0 Å². The highest BCUT2D eigenvalue weighted by Crippen LogP contribution is 2.46. The van der Waals surface area contributed by atoms with Gasteiger partial charge in [0.25, 0.3) is 0 Å². The molecule has 0 fully saturated rings. The van der Waals surface area contributed by atoms with Gasteiger partial charge in [0.05, 0.1) is 24.4 Å². The van der Waals surface area contributed by atoms with Crippen molar-refractivity contribution in [3.05, 3.63) is 0 Å². The highest BCUT2D eigenvalue weighted by atomic mass is 16.6. The number of hydrogen-bond acceptors (Lipinski definition) is 5.